The maximum absolute atomic E-state index is 10.6. The van der Waals surface area contributed by atoms with Crippen molar-refractivity contribution in [3.05, 3.63) is 17.5 Å². The SMILES string of the molecule is CCn1nc(C)cc1CC(O)(COC)C(C)C. The molecule has 1 heterocycles. The molecular weight excluding hydrogens is 216 g/mol. The van der Waals surface area contributed by atoms with Crippen molar-refractivity contribution >= 4 is 0 Å². The van der Waals surface area contributed by atoms with Crippen LogP contribution in [0.1, 0.15) is 32.2 Å². The quantitative estimate of drug-likeness (QED) is 0.824. The van der Waals surface area contributed by atoms with E-state index in [1.54, 1.807) is 7.11 Å². The lowest BCUT2D eigenvalue weighted by molar-refractivity contribution is -0.0648. The third-order valence-electron chi connectivity index (χ3n) is 3.24. The molecule has 0 spiro atoms. The highest BCUT2D eigenvalue weighted by atomic mass is 16.5. The second-order valence-corrected chi connectivity index (χ2v) is 4.96. The smallest absolute Gasteiger partial charge is 0.0957 e. The van der Waals surface area contributed by atoms with Gasteiger partial charge in [-0.15, -0.1) is 0 Å². The molecule has 1 atom stereocenters. The van der Waals surface area contributed by atoms with E-state index in [1.807, 2.05) is 31.5 Å². The van der Waals surface area contributed by atoms with E-state index >= 15 is 0 Å². The number of hydrogen-bond acceptors (Lipinski definition) is 3. The van der Waals surface area contributed by atoms with Gasteiger partial charge in [0, 0.05) is 25.8 Å². The van der Waals surface area contributed by atoms with Crippen LogP contribution < -0.4 is 0 Å². The number of aromatic nitrogens is 2. The van der Waals surface area contributed by atoms with Crippen molar-refractivity contribution in [1.82, 2.24) is 9.78 Å². The van der Waals surface area contributed by atoms with Crippen LogP contribution in [0.5, 0.6) is 0 Å². The van der Waals surface area contributed by atoms with Crippen molar-refractivity contribution in [3.8, 4) is 0 Å². The fraction of sp³-hybridized carbons (Fsp3) is 0.769. The van der Waals surface area contributed by atoms with Crippen LogP contribution in [0.3, 0.4) is 0 Å². The molecule has 1 aromatic heterocycles. The topological polar surface area (TPSA) is 47.3 Å². The van der Waals surface area contributed by atoms with Crippen LogP contribution in [0, 0.1) is 12.8 Å². The normalized spacial score (nSPS) is 15.2. The van der Waals surface area contributed by atoms with Gasteiger partial charge in [-0.1, -0.05) is 13.8 Å². The van der Waals surface area contributed by atoms with Crippen molar-refractivity contribution in [2.24, 2.45) is 5.92 Å². The molecule has 0 bridgehead atoms. The highest BCUT2D eigenvalue weighted by Gasteiger charge is 2.32. The molecule has 0 aliphatic heterocycles. The third-order valence-corrected chi connectivity index (χ3v) is 3.24. The number of aryl methyl sites for hydroxylation is 2. The summed E-state index contributed by atoms with van der Waals surface area (Å²) < 4.78 is 7.08. The summed E-state index contributed by atoms with van der Waals surface area (Å²) in [7, 11) is 1.62. The first kappa shape index (κ1) is 14.2. The van der Waals surface area contributed by atoms with Crippen molar-refractivity contribution < 1.29 is 9.84 Å². The molecule has 0 radical (unpaired) electrons. The lowest BCUT2D eigenvalue weighted by Crippen LogP contribution is -2.42. The largest absolute Gasteiger partial charge is 0.387 e. The van der Waals surface area contributed by atoms with Crippen LogP contribution >= 0.6 is 0 Å². The zero-order chi connectivity index (χ0) is 13.1. The first-order valence-corrected chi connectivity index (χ1v) is 6.17. The molecule has 0 aliphatic rings. The number of aliphatic hydroxyl groups is 1. The number of rotatable bonds is 6. The molecule has 0 aliphatic carbocycles. The van der Waals surface area contributed by atoms with Crippen LogP contribution in [-0.4, -0.2) is 34.2 Å². The Morgan fingerprint density at radius 1 is 1.53 bits per heavy atom. The Hall–Kier alpha value is -0.870. The lowest BCUT2D eigenvalue weighted by atomic mass is 9.86. The molecule has 17 heavy (non-hydrogen) atoms. The summed E-state index contributed by atoms with van der Waals surface area (Å²) in [6.45, 7) is 9.22. The summed E-state index contributed by atoms with van der Waals surface area (Å²) in [5.74, 6) is 0.142. The van der Waals surface area contributed by atoms with Gasteiger partial charge in [-0.25, -0.2) is 0 Å². The van der Waals surface area contributed by atoms with Gasteiger partial charge in [0.15, 0.2) is 0 Å². The Morgan fingerprint density at radius 3 is 2.65 bits per heavy atom. The molecular formula is C13H24N2O2. The Bertz CT molecular complexity index is 360. The second kappa shape index (κ2) is 5.65. The zero-order valence-electron chi connectivity index (χ0n) is 11.5. The van der Waals surface area contributed by atoms with Gasteiger partial charge in [-0.2, -0.15) is 5.10 Å². The number of methoxy groups -OCH3 is 1. The van der Waals surface area contributed by atoms with Crippen molar-refractivity contribution in [2.45, 2.75) is 46.3 Å². The van der Waals surface area contributed by atoms with Gasteiger partial charge in [0.05, 0.1) is 17.9 Å². The molecule has 0 fully saturated rings. The van der Waals surface area contributed by atoms with Crippen LogP contribution in [0.15, 0.2) is 6.07 Å². The van der Waals surface area contributed by atoms with Gasteiger partial charge in [-0.05, 0) is 25.8 Å². The molecule has 0 saturated heterocycles. The van der Waals surface area contributed by atoms with Crippen LogP contribution in [0.25, 0.3) is 0 Å². The molecule has 4 nitrogen and oxygen atoms in total. The Balaban J connectivity index is 2.92. The molecule has 98 valence electrons. The molecule has 1 rings (SSSR count). The Morgan fingerprint density at radius 2 is 2.18 bits per heavy atom. The number of ether oxygens (including phenoxy) is 1. The van der Waals surface area contributed by atoms with E-state index in [-0.39, 0.29) is 5.92 Å². The van der Waals surface area contributed by atoms with Crippen molar-refractivity contribution in [2.75, 3.05) is 13.7 Å². The molecule has 1 N–H and O–H groups in total. The Kier molecular flexibility index (Phi) is 4.71. The second-order valence-electron chi connectivity index (χ2n) is 4.96. The first-order chi connectivity index (χ1) is 7.92. The molecule has 4 heteroatoms. The van der Waals surface area contributed by atoms with Crippen LogP contribution in [-0.2, 0) is 17.7 Å². The fourth-order valence-corrected chi connectivity index (χ4v) is 2.00. The minimum Gasteiger partial charge on any atom is -0.387 e. The minimum atomic E-state index is -0.825. The van der Waals surface area contributed by atoms with E-state index in [0.717, 1.165) is 17.9 Å². The highest BCUT2D eigenvalue weighted by molar-refractivity contribution is 5.12. The van der Waals surface area contributed by atoms with E-state index in [9.17, 15) is 5.11 Å². The van der Waals surface area contributed by atoms with Crippen molar-refractivity contribution in [1.29, 1.82) is 0 Å². The fourth-order valence-electron chi connectivity index (χ4n) is 2.00. The van der Waals surface area contributed by atoms with Gasteiger partial charge in [-0.3, -0.25) is 4.68 Å². The third kappa shape index (κ3) is 3.30. The summed E-state index contributed by atoms with van der Waals surface area (Å²) in [4.78, 5) is 0. The summed E-state index contributed by atoms with van der Waals surface area (Å²) in [5.41, 5.74) is 1.23. The average Bonchev–Trinajstić information content (AvgIpc) is 2.58. The zero-order valence-corrected chi connectivity index (χ0v) is 11.5. The summed E-state index contributed by atoms with van der Waals surface area (Å²) in [6.07, 6.45) is 0.577. The van der Waals surface area contributed by atoms with E-state index in [4.69, 9.17) is 4.74 Å². The van der Waals surface area contributed by atoms with Crippen molar-refractivity contribution in [3.63, 3.8) is 0 Å². The minimum absolute atomic E-state index is 0.142. The van der Waals surface area contributed by atoms with E-state index in [1.165, 1.54) is 0 Å². The number of hydrogen-bond donors (Lipinski definition) is 1. The molecule has 0 aromatic carbocycles. The van der Waals surface area contributed by atoms with Gasteiger partial charge in [0.1, 0.15) is 0 Å². The van der Waals surface area contributed by atoms with Gasteiger partial charge >= 0.3 is 0 Å². The predicted molar refractivity (Wildman–Crippen MR) is 68.0 cm³/mol. The summed E-state index contributed by atoms with van der Waals surface area (Å²) >= 11 is 0. The first-order valence-electron chi connectivity index (χ1n) is 6.17. The lowest BCUT2D eigenvalue weighted by Gasteiger charge is -2.31. The van der Waals surface area contributed by atoms with E-state index < -0.39 is 5.60 Å². The van der Waals surface area contributed by atoms with Gasteiger partial charge in [0.2, 0.25) is 0 Å². The van der Waals surface area contributed by atoms with Gasteiger partial charge < -0.3 is 9.84 Å². The molecule has 1 aromatic rings. The number of nitrogens with zero attached hydrogens (tertiary/aromatic N) is 2. The van der Waals surface area contributed by atoms with E-state index in [0.29, 0.717) is 13.0 Å². The van der Waals surface area contributed by atoms with Crippen LogP contribution in [0.4, 0.5) is 0 Å². The maximum atomic E-state index is 10.6. The average molecular weight is 240 g/mol. The molecule has 0 saturated carbocycles. The highest BCUT2D eigenvalue weighted by Crippen LogP contribution is 2.23. The van der Waals surface area contributed by atoms with Gasteiger partial charge in [0.25, 0.3) is 0 Å². The summed E-state index contributed by atoms with van der Waals surface area (Å²) in [6, 6.07) is 2.03. The van der Waals surface area contributed by atoms with E-state index in [2.05, 4.69) is 12.0 Å². The standard InChI is InChI=1S/C13H24N2O2/c1-6-15-12(7-11(4)14-15)8-13(16,9-17-5)10(2)3/h7,10,16H,6,8-9H2,1-5H3. The Labute approximate surface area is 104 Å². The van der Waals surface area contributed by atoms with Crippen LogP contribution in [0.2, 0.25) is 0 Å². The molecule has 0 amide bonds. The maximum Gasteiger partial charge on any atom is 0.0957 e. The predicted octanol–water partition coefficient (Wildman–Crippen LogP) is 1.79. The monoisotopic (exact) mass is 240 g/mol. The molecule has 1 unspecified atom stereocenters. The summed E-state index contributed by atoms with van der Waals surface area (Å²) in [5, 5.41) is 15.0.